The lowest BCUT2D eigenvalue weighted by molar-refractivity contribution is -0.141. The summed E-state index contributed by atoms with van der Waals surface area (Å²) in [4.78, 5) is 15.7. The molecule has 1 atom stereocenters. The van der Waals surface area contributed by atoms with E-state index in [1.807, 2.05) is 0 Å². The fraction of sp³-hybridized carbons (Fsp3) is 0.500. The topological polar surface area (TPSA) is 59.8 Å². The molecule has 0 saturated carbocycles. The molecule has 0 bridgehead atoms. The van der Waals surface area contributed by atoms with Crippen LogP contribution in [0.2, 0.25) is 0 Å². The van der Waals surface area contributed by atoms with Crippen LogP contribution >= 0.6 is 11.5 Å². The van der Waals surface area contributed by atoms with Gasteiger partial charge in [0.1, 0.15) is 5.82 Å². The minimum atomic E-state index is -4.42. The molecule has 23 heavy (non-hydrogen) atoms. The Hall–Kier alpha value is -1.90. The number of rotatable bonds is 3. The maximum Gasteiger partial charge on any atom is 0.434 e. The van der Waals surface area contributed by atoms with Crippen LogP contribution in [0.25, 0.3) is 0 Å². The van der Waals surface area contributed by atoms with Gasteiger partial charge in [0.25, 0.3) is 5.91 Å². The highest BCUT2D eigenvalue weighted by molar-refractivity contribution is 7.03. The highest BCUT2D eigenvalue weighted by Gasteiger charge is 2.35. The van der Waals surface area contributed by atoms with E-state index in [1.165, 1.54) is 11.5 Å². The van der Waals surface area contributed by atoms with Crippen molar-refractivity contribution in [2.75, 3.05) is 6.54 Å². The lowest BCUT2D eigenvalue weighted by Crippen LogP contribution is -2.33. The smallest absolute Gasteiger partial charge is 0.352 e. The predicted octanol–water partition coefficient (Wildman–Crippen LogP) is 2.66. The summed E-state index contributed by atoms with van der Waals surface area (Å²) in [6, 6.07) is 0. The van der Waals surface area contributed by atoms with Crippen molar-refractivity contribution < 1.29 is 18.0 Å². The summed E-state index contributed by atoms with van der Waals surface area (Å²) >= 11 is 1.22. The minimum Gasteiger partial charge on any atom is -0.352 e. The first-order valence-corrected chi connectivity index (χ1v) is 8.00. The SMILES string of the molecule is Cc1nscc1C(=O)NC[C@H]1CCc2nc(C(F)(F)F)cn2C1. The van der Waals surface area contributed by atoms with Crippen LogP contribution in [0.3, 0.4) is 0 Å². The normalized spacial score (nSPS) is 17.8. The molecular weight excluding hydrogens is 329 g/mol. The van der Waals surface area contributed by atoms with Gasteiger partial charge in [-0.25, -0.2) is 4.98 Å². The molecule has 1 aliphatic heterocycles. The number of aromatic nitrogens is 3. The average molecular weight is 344 g/mol. The van der Waals surface area contributed by atoms with Crippen LogP contribution in [0.1, 0.15) is 34.0 Å². The zero-order valence-electron chi connectivity index (χ0n) is 12.4. The first-order valence-electron chi connectivity index (χ1n) is 7.17. The molecule has 0 spiro atoms. The molecule has 2 aromatic heterocycles. The Morgan fingerprint density at radius 3 is 2.96 bits per heavy atom. The first-order chi connectivity index (χ1) is 10.8. The van der Waals surface area contributed by atoms with Gasteiger partial charge in [-0.2, -0.15) is 17.5 Å². The van der Waals surface area contributed by atoms with Gasteiger partial charge in [-0.05, 0) is 30.8 Å². The van der Waals surface area contributed by atoms with Crippen LogP contribution in [0, 0.1) is 12.8 Å². The van der Waals surface area contributed by atoms with Gasteiger partial charge in [-0.1, -0.05) is 0 Å². The summed E-state index contributed by atoms with van der Waals surface area (Å²) in [5, 5.41) is 4.52. The van der Waals surface area contributed by atoms with E-state index in [0.29, 0.717) is 43.0 Å². The lowest BCUT2D eigenvalue weighted by Gasteiger charge is -2.23. The van der Waals surface area contributed by atoms with E-state index in [4.69, 9.17) is 0 Å². The molecule has 0 saturated heterocycles. The van der Waals surface area contributed by atoms with Crippen molar-refractivity contribution in [2.45, 2.75) is 32.5 Å². The number of amides is 1. The average Bonchev–Trinajstić information content (AvgIpc) is 3.09. The number of hydrogen-bond donors (Lipinski definition) is 1. The van der Waals surface area contributed by atoms with Gasteiger partial charge in [0.2, 0.25) is 0 Å². The Morgan fingerprint density at radius 1 is 1.52 bits per heavy atom. The molecule has 1 amide bonds. The summed E-state index contributed by atoms with van der Waals surface area (Å²) in [6.45, 7) is 2.62. The third-order valence-corrected chi connectivity index (χ3v) is 4.65. The van der Waals surface area contributed by atoms with Crippen molar-refractivity contribution in [3.05, 3.63) is 34.4 Å². The van der Waals surface area contributed by atoms with Gasteiger partial charge in [0.15, 0.2) is 5.69 Å². The van der Waals surface area contributed by atoms with Crippen LogP contribution in [0.4, 0.5) is 13.2 Å². The number of nitrogens with one attached hydrogen (secondary N) is 1. The predicted molar refractivity (Wildman–Crippen MR) is 78.2 cm³/mol. The minimum absolute atomic E-state index is 0.0913. The molecule has 0 unspecified atom stereocenters. The molecule has 124 valence electrons. The Morgan fingerprint density at radius 2 is 2.30 bits per heavy atom. The quantitative estimate of drug-likeness (QED) is 0.931. The lowest BCUT2D eigenvalue weighted by atomic mass is 9.99. The Kier molecular flexibility index (Phi) is 4.13. The summed E-state index contributed by atoms with van der Waals surface area (Å²) in [5.74, 6) is 0.357. The van der Waals surface area contributed by atoms with E-state index < -0.39 is 11.9 Å². The van der Waals surface area contributed by atoms with Gasteiger partial charge in [0.05, 0.1) is 11.3 Å². The number of carbonyl (C=O) groups excluding carboxylic acids is 1. The van der Waals surface area contributed by atoms with Gasteiger partial charge < -0.3 is 9.88 Å². The van der Waals surface area contributed by atoms with Gasteiger partial charge >= 0.3 is 6.18 Å². The second-order valence-corrected chi connectivity index (χ2v) is 6.25. The second-order valence-electron chi connectivity index (χ2n) is 5.62. The summed E-state index contributed by atoms with van der Waals surface area (Å²) in [6.07, 6.45) is -2.18. The van der Waals surface area contributed by atoms with Gasteiger partial charge in [-0.3, -0.25) is 4.79 Å². The molecule has 0 fully saturated rings. The van der Waals surface area contributed by atoms with Crippen molar-refractivity contribution >= 4 is 17.4 Å². The zero-order valence-corrected chi connectivity index (χ0v) is 13.2. The Balaban J connectivity index is 1.61. The monoisotopic (exact) mass is 344 g/mol. The Labute approximate surface area is 134 Å². The maximum atomic E-state index is 12.7. The number of carbonyl (C=O) groups is 1. The van der Waals surface area contributed by atoms with Crippen molar-refractivity contribution in [2.24, 2.45) is 5.92 Å². The Bertz CT molecular complexity index is 722. The molecule has 0 radical (unpaired) electrons. The molecule has 0 aliphatic carbocycles. The zero-order chi connectivity index (χ0) is 16.6. The highest BCUT2D eigenvalue weighted by atomic mass is 32.1. The summed E-state index contributed by atoms with van der Waals surface area (Å²) in [7, 11) is 0. The second kappa shape index (κ2) is 5.95. The van der Waals surface area contributed by atoms with Crippen LogP contribution in [-0.4, -0.2) is 26.4 Å². The molecule has 0 aromatic carbocycles. The number of hydrogen-bond acceptors (Lipinski definition) is 4. The van der Waals surface area contributed by atoms with E-state index in [0.717, 1.165) is 6.20 Å². The molecule has 9 heteroatoms. The summed E-state index contributed by atoms with van der Waals surface area (Å²) < 4.78 is 43.6. The number of halogens is 3. The van der Waals surface area contributed by atoms with E-state index in [1.54, 1.807) is 16.9 Å². The van der Waals surface area contributed by atoms with E-state index in [2.05, 4.69) is 14.7 Å². The van der Waals surface area contributed by atoms with Crippen LogP contribution in [-0.2, 0) is 19.1 Å². The number of alkyl halides is 3. The molecule has 3 heterocycles. The third kappa shape index (κ3) is 3.39. The van der Waals surface area contributed by atoms with Crippen molar-refractivity contribution in [1.29, 1.82) is 0 Å². The largest absolute Gasteiger partial charge is 0.434 e. The summed E-state index contributed by atoms with van der Waals surface area (Å²) in [5.41, 5.74) is 0.383. The standard InChI is InChI=1S/C14H15F3N4OS/c1-8-10(7-23-20-8)13(22)18-4-9-2-3-12-19-11(14(15,16)17)6-21(12)5-9/h6-7,9H,2-5H2,1H3,(H,18,22)/t9-/m1/s1. The molecule has 1 N–H and O–H groups in total. The van der Waals surface area contributed by atoms with Crippen LogP contribution in [0.5, 0.6) is 0 Å². The van der Waals surface area contributed by atoms with E-state index >= 15 is 0 Å². The molecule has 3 rings (SSSR count). The van der Waals surface area contributed by atoms with E-state index in [-0.39, 0.29) is 11.8 Å². The third-order valence-electron chi connectivity index (χ3n) is 3.93. The van der Waals surface area contributed by atoms with Crippen LogP contribution in [0.15, 0.2) is 11.6 Å². The molecular formula is C14H15F3N4OS. The number of aryl methyl sites for hydroxylation is 2. The maximum absolute atomic E-state index is 12.7. The van der Waals surface area contributed by atoms with Crippen molar-refractivity contribution in [1.82, 2.24) is 19.2 Å². The van der Waals surface area contributed by atoms with Crippen LogP contribution < -0.4 is 5.32 Å². The van der Waals surface area contributed by atoms with Crippen molar-refractivity contribution in [3.63, 3.8) is 0 Å². The number of imidazole rings is 1. The number of nitrogens with zero attached hydrogens (tertiary/aromatic N) is 3. The fourth-order valence-corrected chi connectivity index (χ4v) is 3.35. The van der Waals surface area contributed by atoms with Gasteiger partial charge in [-0.15, -0.1) is 0 Å². The highest BCUT2D eigenvalue weighted by Crippen LogP contribution is 2.30. The van der Waals surface area contributed by atoms with Crippen molar-refractivity contribution in [3.8, 4) is 0 Å². The van der Waals surface area contributed by atoms with Gasteiger partial charge in [0, 0.05) is 31.1 Å². The molecule has 1 aliphatic rings. The number of fused-ring (bicyclic) bond motifs is 1. The first kappa shape index (κ1) is 16.0. The fourth-order valence-electron chi connectivity index (χ4n) is 2.66. The molecule has 2 aromatic rings. The van der Waals surface area contributed by atoms with E-state index in [9.17, 15) is 18.0 Å². The molecule has 5 nitrogen and oxygen atoms in total.